The van der Waals surface area contributed by atoms with Crippen LogP contribution in [0.4, 0.5) is 0 Å². The number of rotatable bonds is 2. The molecular weight excluding hydrogens is 272 g/mol. The molecule has 0 spiro atoms. The third kappa shape index (κ3) is 1.94. The largest absolute Gasteiger partial charge is 0.454 e. The molecule has 2 heterocycles. The van der Waals surface area contributed by atoms with Gasteiger partial charge in [0.05, 0.1) is 11.1 Å². The second-order valence-electron chi connectivity index (χ2n) is 4.02. The van der Waals surface area contributed by atoms with Crippen molar-refractivity contribution >= 4 is 22.9 Å². The minimum absolute atomic E-state index is 0.199. The number of ether oxygens (including phenoxy) is 2. The standard InChI is InChI=1S/C12H11ClN2O2S/c1-6-4-15-12(18-6)10(14)7-2-8(13)11-9(3-7)16-5-17-11/h2-4,10H,5,14H2,1H3. The van der Waals surface area contributed by atoms with E-state index in [0.29, 0.717) is 16.5 Å². The highest BCUT2D eigenvalue weighted by Gasteiger charge is 2.22. The van der Waals surface area contributed by atoms with Crippen LogP contribution in [0.5, 0.6) is 11.5 Å². The number of hydrogen-bond acceptors (Lipinski definition) is 5. The molecule has 0 amide bonds. The lowest BCUT2D eigenvalue weighted by Crippen LogP contribution is -2.11. The van der Waals surface area contributed by atoms with Crippen molar-refractivity contribution in [3.63, 3.8) is 0 Å². The van der Waals surface area contributed by atoms with E-state index in [1.54, 1.807) is 17.4 Å². The normalized spacial score (nSPS) is 14.8. The first-order chi connectivity index (χ1) is 8.65. The Morgan fingerprint density at radius 3 is 3.00 bits per heavy atom. The topological polar surface area (TPSA) is 57.4 Å². The predicted octanol–water partition coefficient (Wildman–Crippen LogP) is 2.88. The molecule has 0 aliphatic carbocycles. The third-order valence-electron chi connectivity index (χ3n) is 2.71. The fourth-order valence-electron chi connectivity index (χ4n) is 1.83. The van der Waals surface area contributed by atoms with Crippen LogP contribution in [0.1, 0.15) is 21.5 Å². The second-order valence-corrected chi connectivity index (χ2v) is 5.70. The van der Waals surface area contributed by atoms with Crippen molar-refractivity contribution in [1.82, 2.24) is 4.98 Å². The number of aromatic nitrogens is 1. The minimum Gasteiger partial charge on any atom is -0.454 e. The molecule has 0 saturated heterocycles. The van der Waals surface area contributed by atoms with E-state index in [9.17, 15) is 0 Å². The lowest BCUT2D eigenvalue weighted by Gasteiger charge is -2.10. The molecule has 1 aliphatic heterocycles. The van der Waals surface area contributed by atoms with Crippen molar-refractivity contribution < 1.29 is 9.47 Å². The average molecular weight is 283 g/mol. The number of aryl methyl sites for hydroxylation is 1. The predicted molar refractivity (Wildman–Crippen MR) is 70.5 cm³/mol. The Morgan fingerprint density at radius 2 is 2.28 bits per heavy atom. The summed E-state index contributed by atoms with van der Waals surface area (Å²) in [6, 6.07) is 3.36. The lowest BCUT2D eigenvalue weighted by atomic mass is 10.1. The number of thiazole rings is 1. The monoisotopic (exact) mass is 282 g/mol. The summed E-state index contributed by atoms with van der Waals surface area (Å²) in [5.74, 6) is 1.23. The van der Waals surface area contributed by atoms with Gasteiger partial charge in [-0.25, -0.2) is 4.98 Å². The second kappa shape index (κ2) is 4.42. The SMILES string of the molecule is Cc1cnc(C(N)c2cc(Cl)c3c(c2)OCO3)s1. The van der Waals surface area contributed by atoms with Gasteiger partial charge in [-0.15, -0.1) is 11.3 Å². The van der Waals surface area contributed by atoms with Gasteiger partial charge in [-0.2, -0.15) is 0 Å². The fourth-order valence-corrected chi connectivity index (χ4v) is 2.90. The molecule has 4 nitrogen and oxygen atoms in total. The summed E-state index contributed by atoms with van der Waals surface area (Å²) in [5.41, 5.74) is 7.06. The molecule has 18 heavy (non-hydrogen) atoms. The average Bonchev–Trinajstić information content (AvgIpc) is 2.96. The molecule has 3 rings (SSSR count). The van der Waals surface area contributed by atoms with Crippen LogP contribution in [0, 0.1) is 6.92 Å². The first kappa shape index (κ1) is 11.8. The van der Waals surface area contributed by atoms with Gasteiger partial charge in [0.25, 0.3) is 0 Å². The molecule has 2 aromatic rings. The Bertz CT molecular complexity index is 600. The molecule has 0 saturated carbocycles. The van der Waals surface area contributed by atoms with Gasteiger partial charge in [-0.1, -0.05) is 11.6 Å². The third-order valence-corrected chi connectivity index (χ3v) is 3.99. The zero-order valence-corrected chi connectivity index (χ0v) is 11.2. The Hall–Kier alpha value is -1.30. The summed E-state index contributed by atoms with van der Waals surface area (Å²) in [6.07, 6.45) is 1.81. The molecule has 94 valence electrons. The van der Waals surface area contributed by atoms with E-state index in [1.807, 2.05) is 19.2 Å². The number of fused-ring (bicyclic) bond motifs is 1. The van der Waals surface area contributed by atoms with E-state index in [2.05, 4.69) is 4.98 Å². The molecule has 0 bridgehead atoms. The van der Waals surface area contributed by atoms with Gasteiger partial charge in [0.2, 0.25) is 6.79 Å². The van der Waals surface area contributed by atoms with Gasteiger partial charge in [0.1, 0.15) is 5.01 Å². The maximum Gasteiger partial charge on any atom is 0.231 e. The smallest absolute Gasteiger partial charge is 0.231 e. The molecule has 0 fully saturated rings. The Kier molecular flexibility index (Phi) is 2.89. The quantitative estimate of drug-likeness (QED) is 0.920. The van der Waals surface area contributed by atoms with Gasteiger partial charge < -0.3 is 15.2 Å². The van der Waals surface area contributed by atoms with Crippen LogP contribution >= 0.6 is 22.9 Å². The van der Waals surface area contributed by atoms with Crippen LogP contribution in [0.25, 0.3) is 0 Å². The fraction of sp³-hybridized carbons (Fsp3) is 0.250. The lowest BCUT2D eigenvalue weighted by molar-refractivity contribution is 0.174. The molecule has 6 heteroatoms. The van der Waals surface area contributed by atoms with Crippen LogP contribution in [-0.4, -0.2) is 11.8 Å². The highest BCUT2D eigenvalue weighted by Crippen LogP contribution is 2.41. The van der Waals surface area contributed by atoms with E-state index in [0.717, 1.165) is 15.4 Å². The molecule has 1 atom stereocenters. The Balaban J connectivity index is 2.00. The molecule has 1 aliphatic rings. The summed E-state index contributed by atoms with van der Waals surface area (Å²) < 4.78 is 10.6. The molecule has 1 unspecified atom stereocenters. The van der Waals surface area contributed by atoms with Gasteiger partial charge >= 0.3 is 0 Å². The van der Waals surface area contributed by atoms with Crippen LogP contribution in [0.3, 0.4) is 0 Å². The highest BCUT2D eigenvalue weighted by molar-refractivity contribution is 7.11. The summed E-state index contributed by atoms with van der Waals surface area (Å²) in [7, 11) is 0. The van der Waals surface area contributed by atoms with E-state index in [1.165, 1.54) is 0 Å². The van der Waals surface area contributed by atoms with Crippen molar-refractivity contribution in [3.05, 3.63) is 38.8 Å². The van der Waals surface area contributed by atoms with E-state index >= 15 is 0 Å². The summed E-state index contributed by atoms with van der Waals surface area (Å²) in [6.45, 7) is 2.20. The highest BCUT2D eigenvalue weighted by atomic mass is 35.5. The number of hydrogen-bond donors (Lipinski definition) is 1. The summed E-state index contributed by atoms with van der Waals surface area (Å²) in [4.78, 5) is 5.43. The number of halogens is 1. The number of benzene rings is 1. The van der Waals surface area contributed by atoms with Crippen LogP contribution < -0.4 is 15.2 Å². The van der Waals surface area contributed by atoms with E-state index < -0.39 is 0 Å². The number of nitrogens with two attached hydrogens (primary N) is 1. The van der Waals surface area contributed by atoms with Gasteiger partial charge in [-0.05, 0) is 24.6 Å². The van der Waals surface area contributed by atoms with Crippen molar-refractivity contribution in [3.8, 4) is 11.5 Å². The summed E-state index contributed by atoms with van der Waals surface area (Å²) >= 11 is 7.71. The van der Waals surface area contributed by atoms with Crippen molar-refractivity contribution in [1.29, 1.82) is 0 Å². The molecule has 0 radical (unpaired) electrons. The molecule has 1 aromatic carbocycles. The van der Waals surface area contributed by atoms with Gasteiger partial charge in [0, 0.05) is 11.1 Å². The van der Waals surface area contributed by atoms with Crippen LogP contribution in [-0.2, 0) is 0 Å². The summed E-state index contributed by atoms with van der Waals surface area (Å²) in [5, 5.41) is 1.38. The van der Waals surface area contributed by atoms with Crippen molar-refractivity contribution in [2.75, 3.05) is 6.79 Å². The maximum atomic E-state index is 6.19. The van der Waals surface area contributed by atoms with Gasteiger partial charge in [-0.3, -0.25) is 0 Å². The first-order valence-corrected chi connectivity index (χ1v) is 6.61. The Morgan fingerprint density at radius 1 is 1.44 bits per heavy atom. The van der Waals surface area contributed by atoms with Crippen molar-refractivity contribution in [2.45, 2.75) is 13.0 Å². The van der Waals surface area contributed by atoms with Crippen molar-refractivity contribution in [2.24, 2.45) is 5.73 Å². The van der Waals surface area contributed by atoms with E-state index in [4.69, 9.17) is 26.8 Å². The molecule has 1 aromatic heterocycles. The van der Waals surface area contributed by atoms with Gasteiger partial charge in [0.15, 0.2) is 11.5 Å². The zero-order chi connectivity index (χ0) is 12.7. The van der Waals surface area contributed by atoms with Crippen LogP contribution in [0.15, 0.2) is 18.3 Å². The Labute approximate surface area is 113 Å². The zero-order valence-electron chi connectivity index (χ0n) is 9.64. The van der Waals surface area contributed by atoms with Crippen LogP contribution in [0.2, 0.25) is 5.02 Å². The minimum atomic E-state index is -0.296. The molecule has 2 N–H and O–H groups in total. The molecular formula is C12H11ClN2O2S. The van der Waals surface area contributed by atoms with E-state index in [-0.39, 0.29) is 12.8 Å². The number of nitrogens with zero attached hydrogens (tertiary/aromatic N) is 1. The first-order valence-electron chi connectivity index (χ1n) is 5.42. The maximum absolute atomic E-state index is 6.19.